The quantitative estimate of drug-likeness (QED) is 0.769. The number of aryl methyl sites for hydroxylation is 1. The lowest BCUT2D eigenvalue weighted by Gasteiger charge is -2.05. The van der Waals surface area contributed by atoms with Crippen molar-refractivity contribution in [2.24, 2.45) is 0 Å². The van der Waals surface area contributed by atoms with Crippen LogP contribution in [0.1, 0.15) is 29.3 Å². The van der Waals surface area contributed by atoms with Gasteiger partial charge in [0.1, 0.15) is 0 Å². The number of halogens is 2. The molecule has 19 heavy (non-hydrogen) atoms. The predicted molar refractivity (Wildman–Crippen MR) is 72.1 cm³/mol. The fourth-order valence-corrected chi connectivity index (χ4v) is 2.38. The van der Waals surface area contributed by atoms with Crippen molar-refractivity contribution in [2.45, 2.75) is 19.8 Å². The van der Waals surface area contributed by atoms with Crippen LogP contribution in [0.4, 0.5) is 8.78 Å². The second kappa shape index (κ2) is 3.98. The highest BCUT2D eigenvalue weighted by Crippen LogP contribution is 2.56. The molecule has 0 atom stereocenters. The molecule has 0 saturated heterocycles. The zero-order chi connectivity index (χ0) is 13.6. The van der Waals surface area contributed by atoms with Crippen LogP contribution < -0.4 is 0 Å². The first kappa shape index (κ1) is 12.0. The molecule has 0 bridgehead atoms. The van der Waals surface area contributed by atoms with Crippen molar-refractivity contribution in [2.75, 3.05) is 0 Å². The van der Waals surface area contributed by atoms with Gasteiger partial charge >= 0.3 is 0 Å². The van der Waals surface area contributed by atoms with Crippen molar-refractivity contribution >= 4 is 6.08 Å². The molecule has 96 valence electrons. The number of pyridine rings is 1. The zero-order valence-electron chi connectivity index (χ0n) is 10.7. The Balaban J connectivity index is 2.09. The van der Waals surface area contributed by atoms with Gasteiger partial charge in [0.15, 0.2) is 0 Å². The molecule has 0 fully saturated rings. The summed E-state index contributed by atoms with van der Waals surface area (Å²) in [6.45, 7) is 3.86. The Labute approximate surface area is 110 Å². The maximum absolute atomic E-state index is 13.5. The summed E-state index contributed by atoms with van der Waals surface area (Å²) < 4.78 is 27.1. The summed E-state index contributed by atoms with van der Waals surface area (Å²) in [5, 5.41) is 0. The van der Waals surface area contributed by atoms with Crippen LogP contribution in [0, 0.1) is 6.92 Å². The van der Waals surface area contributed by atoms with Gasteiger partial charge in [0.2, 0.25) is 0 Å². The lowest BCUT2D eigenvalue weighted by molar-refractivity contribution is 0.0993. The first-order chi connectivity index (χ1) is 9.05. The molecule has 0 spiro atoms. The summed E-state index contributed by atoms with van der Waals surface area (Å²) in [6.07, 6.45) is 5.48. The number of hydrogen-bond donors (Lipinski definition) is 0. The Kier molecular flexibility index (Phi) is 2.52. The highest BCUT2D eigenvalue weighted by atomic mass is 19.3. The Bertz CT molecular complexity index is 687. The third-order valence-electron chi connectivity index (χ3n) is 3.41. The Morgan fingerprint density at radius 3 is 2.74 bits per heavy atom. The molecule has 0 N–H and O–H groups in total. The van der Waals surface area contributed by atoms with Gasteiger partial charge in [-0.2, -0.15) is 8.78 Å². The molecule has 3 rings (SSSR count). The smallest absolute Gasteiger partial charge is 0.256 e. The second-order valence-corrected chi connectivity index (χ2v) is 4.73. The first-order valence-electron chi connectivity index (χ1n) is 6.17. The van der Waals surface area contributed by atoms with Crippen LogP contribution in [-0.4, -0.2) is 4.98 Å². The lowest BCUT2D eigenvalue weighted by atomic mass is 10.0. The Morgan fingerprint density at radius 1 is 1.26 bits per heavy atom. The third kappa shape index (κ3) is 1.77. The number of rotatable bonds is 2. The molecule has 1 nitrogen and oxygen atoms in total. The van der Waals surface area contributed by atoms with Gasteiger partial charge < -0.3 is 0 Å². The molecule has 1 aromatic heterocycles. The fraction of sp³-hybridized carbons (Fsp3) is 0.188. The van der Waals surface area contributed by atoms with E-state index in [1.807, 2.05) is 32.1 Å². The van der Waals surface area contributed by atoms with Gasteiger partial charge in [-0.1, -0.05) is 24.3 Å². The van der Waals surface area contributed by atoms with Crippen molar-refractivity contribution in [1.82, 2.24) is 4.98 Å². The average molecular weight is 257 g/mol. The fourth-order valence-electron chi connectivity index (χ4n) is 2.38. The van der Waals surface area contributed by atoms with E-state index in [1.54, 1.807) is 18.3 Å². The second-order valence-electron chi connectivity index (χ2n) is 4.73. The molecule has 0 unspecified atom stereocenters. The first-order valence-corrected chi connectivity index (χ1v) is 6.17. The minimum Gasteiger partial charge on any atom is -0.256 e. The van der Waals surface area contributed by atoms with Gasteiger partial charge in [0.05, 0.1) is 5.69 Å². The number of alkyl halides is 2. The standard InChI is InChI=1S/C16H13F2N/c1-3-5-14-10(2)8-11(9-19-14)12-6-4-7-13-15(12)16(13,17)18/h3-9H,1-2H3/b5-3-. The SMILES string of the molecule is C/C=C\c1ncc(-c2cccc3c2C3(F)F)cc1C. The van der Waals surface area contributed by atoms with E-state index in [0.29, 0.717) is 5.56 Å². The molecular weight excluding hydrogens is 244 g/mol. The number of benzene rings is 1. The maximum Gasteiger partial charge on any atom is 0.300 e. The molecule has 0 saturated carbocycles. The van der Waals surface area contributed by atoms with E-state index in [4.69, 9.17) is 0 Å². The number of nitrogens with zero attached hydrogens (tertiary/aromatic N) is 1. The van der Waals surface area contributed by atoms with E-state index in [0.717, 1.165) is 16.8 Å². The lowest BCUT2D eigenvalue weighted by Crippen LogP contribution is -1.90. The van der Waals surface area contributed by atoms with Crippen LogP contribution >= 0.6 is 0 Å². The minimum atomic E-state index is -2.76. The van der Waals surface area contributed by atoms with Crippen LogP contribution in [0.3, 0.4) is 0 Å². The van der Waals surface area contributed by atoms with Crippen molar-refractivity contribution < 1.29 is 8.78 Å². The highest BCUT2D eigenvalue weighted by Gasteiger charge is 2.54. The molecule has 1 aliphatic carbocycles. The average Bonchev–Trinajstić information content (AvgIpc) is 2.95. The number of aromatic nitrogens is 1. The Morgan fingerprint density at radius 2 is 2.05 bits per heavy atom. The monoisotopic (exact) mass is 257 g/mol. The molecule has 0 amide bonds. The van der Waals surface area contributed by atoms with E-state index in [2.05, 4.69) is 4.98 Å². The predicted octanol–water partition coefficient (Wildman–Crippen LogP) is 4.54. The van der Waals surface area contributed by atoms with E-state index < -0.39 is 5.92 Å². The molecular formula is C16H13F2N. The summed E-state index contributed by atoms with van der Waals surface area (Å²) in [6, 6.07) is 6.79. The van der Waals surface area contributed by atoms with E-state index in [1.165, 1.54) is 6.07 Å². The normalized spacial score (nSPS) is 15.6. The van der Waals surface area contributed by atoms with Crippen LogP contribution in [0.25, 0.3) is 17.2 Å². The summed E-state index contributed by atoms with van der Waals surface area (Å²) in [7, 11) is 0. The summed E-state index contributed by atoms with van der Waals surface area (Å²) >= 11 is 0. The third-order valence-corrected chi connectivity index (χ3v) is 3.41. The summed E-state index contributed by atoms with van der Waals surface area (Å²) in [5.74, 6) is -2.76. The molecule has 1 aliphatic rings. The molecule has 2 aromatic rings. The summed E-state index contributed by atoms with van der Waals surface area (Å²) in [4.78, 5) is 4.32. The molecule has 1 heterocycles. The van der Waals surface area contributed by atoms with Crippen LogP contribution in [0.5, 0.6) is 0 Å². The number of allylic oxidation sites excluding steroid dienone is 1. The number of fused-ring (bicyclic) bond motifs is 1. The largest absolute Gasteiger partial charge is 0.300 e. The summed E-state index contributed by atoms with van der Waals surface area (Å²) in [5.41, 5.74) is 3.48. The molecule has 0 radical (unpaired) electrons. The topological polar surface area (TPSA) is 12.9 Å². The van der Waals surface area contributed by atoms with Crippen molar-refractivity contribution in [1.29, 1.82) is 0 Å². The molecule has 0 aliphatic heterocycles. The highest BCUT2D eigenvalue weighted by molar-refractivity contribution is 5.77. The van der Waals surface area contributed by atoms with Crippen molar-refractivity contribution in [3.8, 4) is 11.1 Å². The molecule has 1 aromatic carbocycles. The molecule has 3 heteroatoms. The van der Waals surface area contributed by atoms with Gasteiger partial charge in [-0.3, -0.25) is 4.98 Å². The van der Waals surface area contributed by atoms with Crippen LogP contribution in [0.15, 0.2) is 36.5 Å². The maximum atomic E-state index is 13.5. The Hall–Kier alpha value is -2.03. The zero-order valence-corrected chi connectivity index (χ0v) is 10.7. The van der Waals surface area contributed by atoms with Crippen LogP contribution in [-0.2, 0) is 5.92 Å². The van der Waals surface area contributed by atoms with Gasteiger partial charge in [-0.05, 0) is 37.1 Å². The van der Waals surface area contributed by atoms with Gasteiger partial charge in [0, 0.05) is 22.9 Å². The van der Waals surface area contributed by atoms with E-state index in [9.17, 15) is 8.78 Å². The van der Waals surface area contributed by atoms with Crippen LogP contribution in [0.2, 0.25) is 0 Å². The van der Waals surface area contributed by atoms with Gasteiger partial charge in [-0.15, -0.1) is 0 Å². The van der Waals surface area contributed by atoms with Gasteiger partial charge in [0.25, 0.3) is 5.92 Å². The van der Waals surface area contributed by atoms with Gasteiger partial charge in [-0.25, -0.2) is 0 Å². The van der Waals surface area contributed by atoms with E-state index in [-0.39, 0.29) is 11.1 Å². The number of hydrogen-bond acceptors (Lipinski definition) is 1. The van der Waals surface area contributed by atoms with E-state index >= 15 is 0 Å². The van der Waals surface area contributed by atoms with Crippen molar-refractivity contribution in [3.05, 3.63) is 58.9 Å². The van der Waals surface area contributed by atoms with Crippen molar-refractivity contribution in [3.63, 3.8) is 0 Å². The minimum absolute atomic E-state index is 0.139.